The maximum absolute atomic E-state index is 9.96. The highest BCUT2D eigenvalue weighted by molar-refractivity contribution is 9.10. The van der Waals surface area contributed by atoms with E-state index in [4.69, 9.17) is 0 Å². The van der Waals surface area contributed by atoms with Crippen molar-refractivity contribution in [2.75, 3.05) is 0 Å². The van der Waals surface area contributed by atoms with Gasteiger partial charge < -0.3 is 10.5 Å². The lowest BCUT2D eigenvalue weighted by Crippen LogP contribution is -2.26. The second-order valence-electron chi connectivity index (χ2n) is 4.90. The third kappa shape index (κ3) is 2.57. The van der Waals surface area contributed by atoms with E-state index in [1.807, 2.05) is 12.1 Å². The summed E-state index contributed by atoms with van der Waals surface area (Å²) in [5.41, 5.74) is 10.4. The number of hydrogen-bond acceptors (Lipinski definition) is 3. The minimum absolute atomic E-state index is 0.101. The van der Waals surface area contributed by atoms with E-state index in [9.17, 15) is 5.11 Å². The zero-order chi connectivity index (χ0) is 14.1. The number of halogens is 1. The number of phenols is 1. The van der Waals surface area contributed by atoms with Gasteiger partial charge in [-0.05, 0) is 36.8 Å². The van der Waals surface area contributed by atoms with Gasteiger partial charge in [0, 0.05) is 10.0 Å². The first kappa shape index (κ1) is 13.2. The molecule has 3 rings (SSSR count). The largest absolute Gasteiger partial charge is 0.507 e. The van der Waals surface area contributed by atoms with Crippen LogP contribution in [0.15, 0.2) is 53.0 Å². The summed E-state index contributed by atoms with van der Waals surface area (Å²) in [5, 5.41) is 9.96. The van der Waals surface area contributed by atoms with Crippen molar-refractivity contribution in [3.63, 3.8) is 0 Å². The standard InChI is InChI=1S/C16H15BrN2O/c1-10-2-4-11(5-3-10)14-9-15(19-18-14)13-8-12(17)6-7-16(13)20/h2-9,14,18-20H,1H3. The van der Waals surface area contributed by atoms with Crippen molar-refractivity contribution in [3.05, 3.63) is 69.7 Å². The Hall–Kier alpha value is -1.78. The molecule has 4 heteroatoms. The average molecular weight is 331 g/mol. The molecule has 1 heterocycles. The molecule has 2 aromatic rings. The quantitative estimate of drug-likeness (QED) is 0.787. The topological polar surface area (TPSA) is 44.3 Å². The lowest BCUT2D eigenvalue weighted by atomic mass is 10.0. The van der Waals surface area contributed by atoms with Gasteiger partial charge in [-0.1, -0.05) is 45.8 Å². The van der Waals surface area contributed by atoms with Gasteiger partial charge in [-0.3, -0.25) is 0 Å². The zero-order valence-electron chi connectivity index (χ0n) is 11.0. The fourth-order valence-corrected chi connectivity index (χ4v) is 2.60. The number of rotatable bonds is 2. The van der Waals surface area contributed by atoms with Gasteiger partial charge in [0.2, 0.25) is 0 Å². The maximum atomic E-state index is 9.96. The lowest BCUT2D eigenvalue weighted by Gasteiger charge is -2.09. The van der Waals surface area contributed by atoms with Crippen molar-refractivity contribution in [2.24, 2.45) is 0 Å². The van der Waals surface area contributed by atoms with Crippen LogP contribution in [0.3, 0.4) is 0 Å². The van der Waals surface area contributed by atoms with E-state index in [0.29, 0.717) is 0 Å². The summed E-state index contributed by atoms with van der Waals surface area (Å²) >= 11 is 3.42. The van der Waals surface area contributed by atoms with E-state index in [-0.39, 0.29) is 11.8 Å². The van der Waals surface area contributed by atoms with E-state index in [1.165, 1.54) is 11.1 Å². The highest BCUT2D eigenvalue weighted by Gasteiger charge is 2.19. The summed E-state index contributed by atoms with van der Waals surface area (Å²) in [7, 11) is 0. The fourth-order valence-electron chi connectivity index (χ4n) is 2.24. The van der Waals surface area contributed by atoms with Crippen LogP contribution in [0.5, 0.6) is 5.75 Å². The van der Waals surface area contributed by atoms with Crippen LogP contribution in [0.2, 0.25) is 0 Å². The molecule has 0 bridgehead atoms. The van der Waals surface area contributed by atoms with E-state index >= 15 is 0 Å². The van der Waals surface area contributed by atoms with E-state index in [2.05, 4.69) is 64.0 Å². The summed E-state index contributed by atoms with van der Waals surface area (Å²) in [6.07, 6.45) is 2.08. The van der Waals surface area contributed by atoms with Gasteiger partial charge in [-0.25, -0.2) is 5.43 Å². The molecule has 102 valence electrons. The summed E-state index contributed by atoms with van der Waals surface area (Å²) in [6.45, 7) is 2.07. The van der Waals surface area contributed by atoms with Crippen LogP contribution in [0, 0.1) is 6.92 Å². The fraction of sp³-hybridized carbons (Fsp3) is 0.125. The van der Waals surface area contributed by atoms with Gasteiger partial charge >= 0.3 is 0 Å². The third-order valence-electron chi connectivity index (χ3n) is 3.38. The minimum atomic E-state index is 0.101. The molecular formula is C16H15BrN2O. The van der Waals surface area contributed by atoms with Crippen LogP contribution in [0.4, 0.5) is 0 Å². The van der Waals surface area contributed by atoms with Gasteiger partial charge in [0.1, 0.15) is 5.75 Å². The Morgan fingerprint density at radius 3 is 2.60 bits per heavy atom. The van der Waals surface area contributed by atoms with Crippen molar-refractivity contribution < 1.29 is 5.11 Å². The van der Waals surface area contributed by atoms with Crippen molar-refractivity contribution >= 4 is 21.6 Å². The summed E-state index contributed by atoms with van der Waals surface area (Å²) in [6, 6.07) is 13.9. The van der Waals surface area contributed by atoms with Crippen molar-refractivity contribution in [3.8, 4) is 5.75 Å². The van der Waals surface area contributed by atoms with E-state index in [1.54, 1.807) is 6.07 Å². The molecule has 3 nitrogen and oxygen atoms in total. The van der Waals surface area contributed by atoms with Crippen molar-refractivity contribution in [1.82, 2.24) is 10.9 Å². The number of hydrogen-bond donors (Lipinski definition) is 3. The monoisotopic (exact) mass is 330 g/mol. The maximum Gasteiger partial charge on any atom is 0.124 e. The van der Waals surface area contributed by atoms with E-state index in [0.717, 1.165) is 15.7 Å². The highest BCUT2D eigenvalue weighted by atomic mass is 79.9. The molecule has 0 amide bonds. The number of benzene rings is 2. The minimum Gasteiger partial charge on any atom is -0.507 e. The molecule has 1 aliphatic rings. The molecule has 0 saturated heterocycles. The van der Waals surface area contributed by atoms with E-state index < -0.39 is 0 Å². The van der Waals surface area contributed by atoms with Gasteiger partial charge in [-0.15, -0.1) is 0 Å². The number of aromatic hydroxyl groups is 1. The van der Waals surface area contributed by atoms with Crippen LogP contribution in [0.1, 0.15) is 22.7 Å². The van der Waals surface area contributed by atoms with Gasteiger partial charge in [0.05, 0.1) is 11.7 Å². The van der Waals surface area contributed by atoms with Crippen LogP contribution < -0.4 is 10.9 Å². The van der Waals surface area contributed by atoms with Gasteiger partial charge in [-0.2, -0.15) is 0 Å². The average Bonchev–Trinajstić information content (AvgIpc) is 2.92. The predicted molar refractivity (Wildman–Crippen MR) is 84.0 cm³/mol. The second kappa shape index (κ2) is 5.31. The summed E-state index contributed by atoms with van der Waals surface area (Å²) < 4.78 is 0.937. The molecule has 1 aliphatic heterocycles. The van der Waals surface area contributed by atoms with Gasteiger partial charge in [0.25, 0.3) is 0 Å². The molecule has 0 saturated carbocycles. The number of phenolic OH excluding ortho intramolecular Hbond substituents is 1. The molecule has 3 N–H and O–H groups in total. The molecule has 20 heavy (non-hydrogen) atoms. The Morgan fingerprint density at radius 2 is 1.85 bits per heavy atom. The van der Waals surface area contributed by atoms with Crippen LogP contribution in [-0.4, -0.2) is 5.11 Å². The molecule has 2 aromatic carbocycles. The highest BCUT2D eigenvalue weighted by Crippen LogP contribution is 2.31. The molecule has 1 unspecified atom stereocenters. The zero-order valence-corrected chi connectivity index (χ0v) is 12.6. The Balaban J connectivity index is 1.91. The molecule has 0 aromatic heterocycles. The molecule has 0 fully saturated rings. The third-order valence-corrected chi connectivity index (χ3v) is 3.87. The van der Waals surface area contributed by atoms with Crippen LogP contribution in [-0.2, 0) is 0 Å². The molecule has 1 atom stereocenters. The first-order valence-electron chi connectivity index (χ1n) is 6.42. The first-order chi connectivity index (χ1) is 9.63. The Morgan fingerprint density at radius 1 is 1.10 bits per heavy atom. The first-order valence-corrected chi connectivity index (χ1v) is 7.21. The summed E-state index contributed by atoms with van der Waals surface area (Å²) in [4.78, 5) is 0. The molecule has 0 aliphatic carbocycles. The number of hydrazine groups is 1. The van der Waals surface area contributed by atoms with Crippen molar-refractivity contribution in [1.29, 1.82) is 0 Å². The predicted octanol–water partition coefficient (Wildman–Crippen LogP) is 3.65. The molecule has 0 radical (unpaired) electrons. The summed E-state index contributed by atoms with van der Waals surface area (Å²) in [5.74, 6) is 0.262. The Kier molecular flexibility index (Phi) is 3.51. The van der Waals surface area contributed by atoms with Crippen molar-refractivity contribution in [2.45, 2.75) is 13.0 Å². The number of aryl methyl sites for hydroxylation is 1. The Labute approximate surface area is 126 Å². The van der Waals surface area contributed by atoms with Crippen LogP contribution in [0.25, 0.3) is 5.70 Å². The normalized spacial score (nSPS) is 17.7. The number of nitrogens with one attached hydrogen (secondary N) is 2. The second-order valence-corrected chi connectivity index (χ2v) is 5.82. The smallest absolute Gasteiger partial charge is 0.124 e. The van der Waals surface area contributed by atoms with Gasteiger partial charge in [0.15, 0.2) is 0 Å². The Bertz CT molecular complexity index is 665. The lowest BCUT2D eigenvalue weighted by molar-refractivity contribution is 0.472. The molecular weight excluding hydrogens is 316 g/mol. The molecule has 0 spiro atoms. The van der Waals surface area contributed by atoms with Crippen LogP contribution >= 0.6 is 15.9 Å². The SMILES string of the molecule is Cc1ccc(C2C=C(c3cc(Br)ccc3O)NN2)cc1.